The number of hydrogen-bond acceptors (Lipinski definition) is 4. The molecule has 0 fully saturated rings. The summed E-state index contributed by atoms with van der Waals surface area (Å²) in [6.07, 6.45) is 0.156. The van der Waals surface area contributed by atoms with Crippen LogP contribution in [0.1, 0.15) is 28.3 Å². The van der Waals surface area contributed by atoms with E-state index in [0.29, 0.717) is 13.1 Å². The lowest BCUT2D eigenvalue weighted by atomic mass is 9.97. The van der Waals surface area contributed by atoms with E-state index in [2.05, 4.69) is 83.4 Å². The lowest BCUT2D eigenvalue weighted by Gasteiger charge is -2.29. The normalized spacial score (nSPS) is 14.2. The predicted molar refractivity (Wildman–Crippen MR) is 141 cm³/mol. The molecule has 0 aromatic heterocycles. The first-order chi connectivity index (χ1) is 17.2. The summed E-state index contributed by atoms with van der Waals surface area (Å²) >= 11 is 0. The van der Waals surface area contributed by atoms with Gasteiger partial charge in [0.05, 0.1) is 19.3 Å². The van der Waals surface area contributed by atoms with Crippen LogP contribution in [0.4, 0.5) is 0 Å². The fraction of sp³-hybridized carbons (Fsp3) is 0.226. The van der Waals surface area contributed by atoms with Gasteiger partial charge in [-0.05, 0) is 40.3 Å². The number of hydrogen-bond donors (Lipinski definition) is 3. The zero-order valence-electron chi connectivity index (χ0n) is 20.0. The van der Waals surface area contributed by atoms with Crippen molar-refractivity contribution in [2.24, 2.45) is 0 Å². The first kappa shape index (κ1) is 23.3. The largest absolute Gasteiger partial charge is 0.496 e. The van der Waals surface area contributed by atoms with Crippen LogP contribution < -0.4 is 15.4 Å². The summed E-state index contributed by atoms with van der Waals surface area (Å²) in [5.41, 5.74) is 7.34. The molecule has 0 spiro atoms. The second kappa shape index (κ2) is 10.9. The third-order valence-electron chi connectivity index (χ3n) is 6.84. The van der Waals surface area contributed by atoms with Crippen LogP contribution in [0.15, 0.2) is 103 Å². The van der Waals surface area contributed by atoms with Crippen molar-refractivity contribution in [1.82, 2.24) is 10.6 Å². The lowest BCUT2D eigenvalue weighted by Crippen LogP contribution is -2.47. The van der Waals surface area contributed by atoms with Gasteiger partial charge < -0.3 is 20.5 Å². The Balaban J connectivity index is 1.36. The molecule has 0 heterocycles. The molecule has 0 saturated carbocycles. The maximum atomic E-state index is 11.4. The summed E-state index contributed by atoms with van der Waals surface area (Å²) in [6.45, 7) is 1.10. The molecule has 4 aromatic carbocycles. The molecule has 0 radical (unpaired) electrons. The number of rotatable bonds is 10. The highest BCUT2D eigenvalue weighted by molar-refractivity contribution is 5.78. The number of aliphatic hydroxyl groups is 1. The SMILES string of the molecule is COc1ccccc1CNC[C@H](O)[C@H](Cc1ccccc1)NC1c2ccccc2-c2ccccc21. The zero-order valence-corrected chi connectivity index (χ0v) is 20.0. The van der Waals surface area contributed by atoms with Crippen molar-refractivity contribution in [3.8, 4) is 16.9 Å². The summed E-state index contributed by atoms with van der Waals surface area (Å²) < 4.78 is 5.47. The Bertz CT molecular complexity index is 1210. The van der Waals surface area contributed by atoms with Crippen molar-refractivity contribution < 1.29 is 9.84 Å². The number of fused-ring (bicyclic) bond motifs is 3. The zero-order chi connectivity index (χ0) is 24.0. The van der Waals surface area contributed by atoms with E-state index in [1.54, 1.807) is 7.11 Å². The molecule has 3 N–H and O–H groups in total. The van der Waals surface area contributed by atoms with Gasteiger partial charge in [-0.3, -0.25) is 0 Å². The molecule has 0 saturated heterocycles. The van der Waals surface area contributed by atoms with Crippen molar-refractivity contribution >= 4 is 0 Å². The molecule has 35 heavy (non-hydrogen) atoms. The molecule has 4 heteroatoms. The van der Waals surface area contributed by atoms with Gasteiger partial charge in [-0.1, -0.05) is 97.1 Å². The molecule has 0 bridgehead atoms. The van der Waals surface area contributed by atoms with Gasteiger partial charge >= 0.3 is 0 Å². The minimum absolute atomic E-state index is 0.0416. The van der Waals surface area contributed by atoms with Gasteiger partial charge in [-0.2, -0.15) is 0 Å². The summed E-state index contributed by atoms with van der Waals surface area (Å²) in [5.74, 6) is 0.854. The van der Waals surface area contributed by atoms with Crippen LogP contribution in [0.2, 0.25) is 0 Å². The number of methoxy groups -OCH3 is 1. The number of ether oxygens (including phenoxy) is 1. The minimum atomic E-state index is -0.579. The van der Waals surface area contributed by atoms with E-state index >= 15 is 0 Å². The number of benzene rings is 4. The molecule has 1 aliphatic rings. The molecule has 0 aliphatic heterocycles. The fourth-order valence-electron chi connectivity index (χ4n) is 5.07. The highest BCUT2D eigenvalue weighted by atomic mass is 16.5. The highest BCUT2D eigenvalue weighted by Crippen LogP contribution is 2.43. The standard InChI is InChI=1S/C31H32N2O2/c1-35-30-18-10-5-13-23(30)20-32-21-29(34)28(19-22-11-3-2-4-12-22)33-31-26-16-8-6-14-24(26)25-15-7-9-17-27(25)31/h2-18,28-29,31-34H,19-21H2,1H3/t28-,29-/m0/s1. The highest BCUT2D eigenvalue weighted by Gasteiger charge is 2.31. The van der Waals surface area contributed by atoms with Crippen LogP contribution in [-0.2, 0) is 13.0 Å². The summed E-state index contributed by atoms with van der Waals surface area (Å²) in [5, 5.41) is 18.6. The Morgan fingerprint density at radius 2 is 1.37 bits per heavy atom. The molecule has 4 nitrogen and oxygen atoms in total. The van der Waals surface area contributed by atoms with Crippen LogP contribution in [0.3, 0.4) is 0 Å². The Morgan fingerprint density at radius 1 is 0.771 bits per heavy atom. The second-order valence-corrected chi connectivity index (χ2v) is 9.08. The summed E-state index contributed by atoms with van der Waals surface area (Å²) in [4.78, 5) is 0. The first-order valence-electron chi connectivity index (χ1n) is 12.2. The van der Waals surface area contributed by atoms with Gasteiger partial charge in [-0.15, -0.1) is 0 Å². The lowest BCUT2D eigenvalue weighted by molar-refractivity contribution is 0.120. The Labute approximate surface area is 207 Å². The topological polar surface area (TPSA) is 53.5 Å². The second-order valence-electron chi connectivity index (χ2n) is 9.08. The number of nitrogens with one attached hydrogen (secondary N) is 2. The Morgan fingerprint density at radius 3 is 2.06 bits per heavy atom. The Hall–Kier alpha value is -3.44. The number of aliphatic hydroxyl groups excluding tert-OH is 1. The van der Waals surface area contributed by atoms with Gasteiger partial charge in [0.1, 0.15) is 5.75 Å². The molecular weight excluding hydrogens is 432 g/mol. The molecule has 1 aliphatic carbocycles. The van der Waals surface area contributed by atoms with Crippen LogP contribution in [0.5, 0.6) is 5.75 Å². The minimum Gasteiger partial charge on any atom is -0.496 e. The van der Waals surface area contributed by atoms with Gasteiger partial charge in [0.2, 0.25) is 0 Å². The molecule has 5 rings (SSSR count). The van der Waals surface area contributed by atoms with Gasteiger partial charge in [0.25, 0.3) is 0 Å². The average molecular weight is 465 g/mol. The quantitative estimate of drug-likeness (QED) is 0.305. The molecule has 0 unspecified atom stereocenters. The Kier molecular flexibility index (Phi) is 7.24. The van der Waals surface area contributed by atoms with Crippen molar-refractivity contribution in [3.63, 3.8) is 0 Å². The van der Waals surface area contributed by atoms with E-state index in [0.717, 1.165) is 17.7 Å². The van der Waals surface area contributed by atoms with E-state index in [1.165, 1.54) is 27.8 Å². The molecular formula is C31H32N2O2. The van der Waals surface area contributed by atoms with Crippen LogP contribution in [0.25, 0.3) is 11.1 Å². The van der Waals surface area contributed by atoms with Crippen LogP contribution in [-0.4, -0.2) is 30.9 Å². The predicted octanol–water partition coefficient (Wildman–Crippen LogP) is 5.12. The molecule has 0 amide bonds. The third kappa shape index (κ3) is 5.15. The maximum Gasteiger partial charge on any atom is 0.123 e. The van der Waals surface area contributed by atoms with Crippen molar-refractivity contribution in [1.29, 1.82) is 0 Å². The van der Waals surface area contributed by atoms with Crippen molar-refractivity contribution in [2.45, 2.75) is 31.2 Å². The van der Waals surface area contributed by atoms with E-state index in [1.807, 2.05) is 30.3 Å². The van der Waals surface area contributed by atoms with Gasteiger partial charge in [0, 0.05) is 24.7 Å². The first-order valence-corrected chi connectivity index (χ1v) is 12.2. The number of para-hydroxylation sites is 1. The fourth-order valence-corrected chi connectivity index (χ4v) is 5.07. The molecule has 178 valence electrons. The van der Waals surface area contributed by atoms with E-state index in [4.69, 9.17) is 4.74 Å². The van der Waals surface area contributed by atoms with Gasteiger partial charge in [0.15, 0.2) is 0 Å². The molecule has 4 aromatic rings. The van der Waals surface area contributed by atoms with Gasteiger partial charge in [-0.25, -0.2) is 0 Å². The van der Waals surface area contributed by atoms with Crippen molar-refractivity contribution in [2.75, 3.05) is 13.7 Å². The third-order valence-corrected chi connectivity index (χ3v) is 6.84. The summed E-state index contributed by atoms with van der Waals surface area (Å²) in [7, 11) is 1.69. The van der Waals surface area contributed by atoms with E-state index in [-0.39, 0.29) is 12.1 Å². The maximum absolute atomic E-state index is 11.4. The van der Waals surface area contributed by atoms with E-state index in [9.17, 15) is 5.11 Å². The van der Waals surface area contributed by atoms with E-state index < -0.39 is 6.10 Å². The summed E-state index contributed by atoms with van der Waals surface area (Å²) in [6, 6.07) is 35.4. The molecule has 2 atom stereocenters. The smallest absolute Gasteiger partial charge is 0.123 e. The average Bonchev–Trinajstić information content (AvgIpc) is 3.23. The van der Waals surface area contributed by atoms with Crippen molar-refractivity contribution in [3.05, 3.63) is 125 Å². The monoisotopic (exact) mass is 464 g/mol. The van der Waals surface area contributed by atoms with Crippen LogP contribution in [0, 0.1) is 0 Å². The van der Waals surface area contributed by atoms with Crippen LogP contribution >= 0.6 is 0 Å².